The van der Waals surface area contributed by atoms with Crippen LogP contribution in [0.3, 0.4) is 0 Å². The maximum Gasteiger partial charge on any atom is 0.573 e. The van der Waals surface area contributed by atoms with Crippen molar-refractivity contribution < 1.29 is 27.1 Å². The summed E-state index contributed by atoms with van der Waals surface area (Å²) in [5, 5.41) is 13.6. The Kier molecular flexibility index (Phi) is 7.20. The number of nitrogens with zero attached hydrogens (tertiary/aromatic N) is 3. The molecule has 2 N–H and O–H groups in total. The van der Waals surface area contributed by atoms with Gasteiger partial charge < -0.3 is 19.8 Å². The van der Waals surface area contributed by atoms with Crippen LogP contribution in [0.15, 0.2) is 76.2 Å². The molecule has 1 amide bonds. The summed E-state index contributed by atoms with van der Waals surface area (Å²) in [6.45, 7) is 1.42. The van der Waals surface area contributed by atoms with Crippen molar-refractivity contribution >= 4 is 35.2 Å². The molecule has 0 spiro atoms. The van der Waals surface area contributed by atoms with Gasteiger partial charge in [0.1, 0.15) is 11.6 Å². The SMILES string of the molecule is CC(=O)Nc1cc(CSc2ccccc2-c2nnc(Nc3ccc(OC(F)(F)F)cc3)o2)ccn1. The smallest absolute Gasteiger partial charge is 0.406 e. The van der Waals surface area contributed by atoms with Crippen LogP contribution in [0, 0.1) is 0 Å². The first kappa shape index (κ1) is 24.1. The Morgan fingerprint density at radius 3 is 2.60 bits per heavy atom. The van der Waals surface area contributed by atoms with Gasteiger partial charge >= 0.3 is 12.4 Å². The van der Waals surface area contributed by atoms with Crippen molar-refractivity contribution in [2.24, 2.45) is 0 Å². The molecule has 0 fully saturated rings. The van der Waals surface area contributed by atoms with Gasteiger partial charge in [0, 0.05) is 29.5 Å². The van der Waals surface area contributed by atoms with E-state index in [0.717, 1.165) is 16.0 Å². The average Bonchev–Trinajstić information content (AvgIpc) is 3.26. The Bertz CT molecular complexity index is 1310. The van der Waals surface area contributed by atoms with Crippen molar-refractivity contribution in [1.29, 1.82) is 0 Å². The highest BCUT2D eigenvalue weighted by atomic mass is 32.2. The predicted molar refractivity (Wildman–Crippen MR) is 124 cm³/mol. The van der Waals surface area contributed by atoms with Crippen LogP contribution in [-0.4, -0.2) is 27.5 Å². The normalized spacial score (nSPS) is 11.2. The van der Waals surface area contributed by atoms with Gasteiger partial charge in [-0.2, -0.15) is 0 Å². The van der Waals surface area contributed by atoms with Gasteiger partial charge in [0.15, 0.2) is 0 Å². The van der Waals surface area contributed by atoms with Crippen molar-refractivity contribution in [1.82, 2.24) is 15.2 Å². The number of pyridine rings is 1. The van der Waals surface area contributed by atoms with Crippen LogP contribution in [0.4, 0.5) is 30.7 Å². The van der Waals surface area contributed by atoms with Gasteiger partial charge in [-0.05, 0) is 54.1 Å². The number of aromatic nitrogens is 3. The Hall–Kier alpha value is -4.06. The van der Waals surface area contributed by atoms with Crippen LogP contribution < -0.4 is 15.4 Å². The Labute approximate surface area is 201 Å². The molecule has 0 aliphatic rings. The fourth-order valence-corrected chi connectivity index (χ4v) is 3.98. The van der Waals surface area contributed by atoms with Crippen LogP contribution in [-0.2, 0) is 10.5 Å². The lowest BCUT2D eigenvalue weighted by Crippen LogP contribution is -2.16. The molecule has 35 heavy (non-hydrogen) atoms. The third kappa shape index (κ3) is 6.96. The van der Waals surface area contributed by atoms with Gasteiger partial charge in [-0.3, -0.25) is 4.79 Å². The Balaban J connectivity index is 1.44. The second kappa shape index (κ2) is 10.5. The number of ether oxygens (including phenoxy) is 1. The predicted octanol–water partition coefficient (Wildman–Crippen LogP) is 6.02. The molecule has 0 bridgehead atoms. The van der Waals surface area contributed by atoms with Crippen molar-refractivity contribution in [2.75, 3.05) is 10.6 Å². The van der Waals surface area contributed by atoms with E-state index in [1.165, 1.54) is 31.2 Å². The fraction of sp³-hybridized carbons (Fsp3) is 0.130. The highest BCUT2D eigenvalue weighted by Crippen LogP contribution is 2.34. The third-order valence-electron chi connectivity index (χ3n) is 4.40. The number of thioether (sulfide) groups is 1. The van der Waals surface area contributed by atoms with E-state index in [2.05, 4.69) is 30.6 Å². The first-order chi connectivity index (χ1) is 16.7. The number of anilines is 3. The maximum atomic E-state index is 12.3. The zero-order valence-corrected chi connectivity index (χ0v) is 19.0. The highest BCUT2D eigenvalue weighted by molar-refractivity contribution is 7.98. The molecule has 0 saturated carbocycles. The standard InChI is InChI=1S/C23H18F3N5O3S/c1-14(32)28-20-12-15(10-11-27-20)13-35-19-5-3-2-4-18(19)21-30-31-22(33-21)29-16-6-8-17(9-7-16)34-23(24,25)26/h2-12H,13H2,1H3,(H,29,31)(H,27,28,32). The van der Waals surface area contributed by atoms with E-state index in [0.29, 0.717) is 17.3 Å². The van der Waals surface area contributed by atoms with Gasteiger partial charge in [0.25, 0.3) is 5.89 Å². The number of carbonyl (C=O) groups excluding carboxylic acids is 1. The molecule has 8 nitrogen and oxygen atoms in total. The van der Waals surface area contributed by atoms with Gasteiger partial charge in [-0.15, -0.1) is 30.0 Å². The van der Waals surface area contributed by atoms with Gasteiger partial charge in [-0.25, -0.2) is 4.98 Å². The van der Waals surface area contributed by atoms with Crippen molar-refractivity contribution in [3.63, 3.8) is 0 Å². The lowest BCUT2D eigenvalue weighted by Gasteiger charge is -2.09. The minimum absolute atomic E-state index is 0.0818. The van der Waals surface area contributed by atoms with E-state index in [9.17, 15) is 18.0 Å². The molecule has 0 atom stereocenters. The molecule has 180 valence electrons. The summed E-state index contributed by atoms with van der Waals surface area (Å²) in [5.41, 5.74) is 2.14. The molecule has 0 unspecified atom stereocenters. The number of hydrogen-bond donors (Lipinski definition) is 2. The summed E-state index contributed by atoms with van der Waals surface area (Å²) in [6.07, 6.45) is -3.13. The molecule has 0 aliphatic heterocycles. The molecule has 4 aromatic rings. The lowest BCUT2D eigenvalue weighted by atomic mass is 10.2. The topological polar surface area (TPSA) is 102 Å². The third-order valence-corrected chi connectivity index (χ3v) is 5.55. The summed E-state index contributed by atoms with van der Waals surface area (Å²) in [4.78, 5) is 16.3. The summed E-state index contributed by atoms with van der Waals surface area (Å²) in [6, 6.07) is 16.4. The molecule has 0 radical (unpaired) electrons. The first-order valence-electron chi connectivity index (χ1n) is 10.2. The molecule has 2 aromatic carbocycles. The molecule has 0 saturated heterocycles. The van der Waals surface area contributed by atoms with Crippen LogP contribution >= 0.6 is 11.8 Å². The van der Waals surface area contributed by atoms with E-state index in [1.807, 2.05) is 30.3 Å². The number of hydrogen-bond acceptors (Lipinski definition) is 8. The zero-order chi connectivity index (χ0) is 24.8. The van der Waals surface area contributed by atoms with Crippen molar-refractivity contribution in [3.05, 3.63) is 72.4 Å². The quantitative estimate of drug-likeness (QED) is 0.283. The number of carbonyl (C=O) groups is 1. The summed E-state index contributed by atoms with van der Waals surface area (Å²) in [7, 11) is 0. The molecule has 0 aliphatic carbocycles. The summed E-state index contributed by atoms with van der Waals surface area (Å²) in [5.74, 6) is 0.839. The number of amides is 1. The monoisotopic (exact) mass is 501 g/mol. The van der Waals surface area contributed by atoms with Crippen LogP contribution in [0.25, 0.3) is 11.5 Å². The molecule has 4 rings (SSSR count). The largest absolute Gasteiger partial charge is 0.573 e. The zero-order valence-electron chi connectivity index (χ0n) is 18.2. The molecular weight excluding hydrogens is 483 g/mol. The number of benzene rings is 2. The summed E-state index contributed by atoms with van der Waals surface area (Å²) < 4.78 is 46.5. The van der Waals surface area contributed by atoms with Crippen molar-refractivity contribution in [2.45, 2.75) is 23.9 Å². The van der Waals surface area contributed by atoms with Gasteiger partial charge in [0.2, 0.25) is 5.91 Å². The van der Waals surface area contributed by atoms with E-state index in [1.54, 1.807) is 24.0 Å². The minimum Gasteiger partial charge on any atom is -0.406 e. The van der Waals surface area contributed by atoms with Gasteiger partial charge in [0.05, 0.1) is 5.56 Å². The van der Waals surface area contributed by atoms with Crippen LogP contribution in [0.1, 0.15) is 12.5 Å². The lowest BCUT2D eigenvalue weighted by molar-refractivity contribution is -0.274. The Morgan fingerprint density at radius 2 is 1.86 bits per heavy atom. The van der Waals surface area contributed by atoms with E-state index in [-0.39, 0.29) is 23.6 Å². The summed E-state index contributed by atoms with van der Waals surface area (Å²) >= 11 is 1.55. The molecule has 2 aromatic heterocycles. The van der Waals surface area contributed by atoms with Crippen molar-refractivity contribution in [3.8, 4) is 17.2 Å². The van der Waals surface area contributed by atoms with Crippen LogP contribution in [0.2, 0.25) is 0 Å². The number of alkyl halides is 3. The number of rotatable bonds is 8. The molecule has 2 heterocycles. The fourth-order valence-electron chi connectivity index (χ4n) is 2.99. The number of nitrogens with one attached hydrogen (secondary N) is 2. The van der Waals surface area contributed by atoms with E-state index < -0.39 is 6.36 Å². The average molecular weight is 501 g/mol. The maximum absolute atomic E-state index is 12.3. The number of halogens is 3. The minimum atomic E-state index is -4.76. The van der Waals surface area contributed by atoms with E-state index in [4.69, 9.17) is 4.42 Å². The molecular formula is C23H18F3N5O3S. The van der Waals surface area contributed by atoms with Gasteiger partial charge in [-0.1, -0.05) is 17.2 Å². The first-order valence-corrected chi connectivity index (χ1v) is 11.1. The second-order valence-corrected chi connectivity index (χ2v) is 8.14. The van der Waals surface area contributed by atoms with E-state index >= 15 is 0 Å². The second-order valence-electron chi connectivity index (χ2n) is 7.12. The Morgan fingerprint density at radius 1 is 1.09 bits per heavy atom. The van der Waals surface area contributed by atoms with Crippen LogP contribution in [0.5, 0.6) is 5.75 Å². The molecule has 12 heteroatoms. The highest BCUT2D eigenvalue weighted by Gasteiger charge is 2.31.